The third kappa shape index (κ3) is 6.37. The highest BCUT2D eigenvalue weighted by Crippen LogP contribution is 2.13. The molecule has 0 aromatic carbocycles. The van der Waals surface area contributed by atoms with Crippen LogP contribution in [0.3, 0.4) is 0 Å². The van der Waals surface area contributed by atoms with Gasteiger partial charge in [-0.15, -0.1) is 0 Å². The first kappa shape index (κ1) is 16.4. The Labute approximate surface area is 121 Å². The van der Waals surface area contributed by atoms with Crippen molar-refractivity contribution in [1.82, 2.24) is 9.88 Å². The minimum Gasteiger partial charge on any atom is -0.473 e. The molecular weight excluding hydrogens is 280 g/mol. The van der Waals surface area contributed by atoms with Gasteiger partial charge in [-0.3, -0.25) is 4.98 Å². The Kier molecular flexibility index (Phi) is 6.66. The van der Waals surface area contributed by atoms with Crippen LogP contribution in [-0.4, -0.2) is 51.2 Å². The average Bonchev–Trinajstić information content (AvgIpc) is 2.49. The fourth-order valence-corrected chi connectivity index (χ4v) is 1.65. The molecule has 0 radical (unpaired) electrons. The highest BCUT2D eigenvalue weighted by atomic mass is 16.6. The van der Waals surface area contributed by atoms with Crippen molar-refractivity contribution in [1.29, 1.82) is 0 Å². The third-order valence-electron chi connectivity index (χ3n) is 2.64. The van der Waals surface area contributed by atoms with E-state index in [4.69, 9.17) is 24.5 Å². The van der Waals surface area contributed by atoms with E-state index in [1.807, 2.05) is 0 Å². The molecule has 8 nitrogen and oxygen atoms in total. The Hall–Kier alpha value is -2.64. The lowest BCUT2D eigenvalue weighted by Gasteiger charge is -2.25. The topological polar surface area (TPSA) is 117 Å². The Morgan fingerprint density at radius 1 is 1.10 bits per heavy atom. The first-order valence-corrected chi connectivity index (χ1v) is 6.33. The van der Waals surface area contributed by atoms with Gasteiger partial charge >= 0.3 is 18.0 Å². The van der Waals surface area contributed by atoms with Gasteiger partial charge in [0, 0.05) is 19.3 Å². The number of carbonyl (C=O) groups excluding carboxylic acids is 1. The summed E-state index contributed by atoms with van der Waals surface area (Å²) in [5.74, 6) is -3.14. The number of hydrogen-bond donors (Lipinski definition) is 2. The van der Waals surface area contributed by atoms with Gasteiger partial charge in [0.25, 0.3) is 0 Å². The molecule has 0 atom stereocenters. The summed E-state index contributed by atoms with van der Waals surface area (Å²) in [7, 11) is 0. The van der Waals surface area contributed by atoms with Crippen molar-refractivity contribution in [2.75, 3.05) is 13.1 Å². The molecule has 0 bridgehead atoms. The van der Waals surface area contributed by atoms with Gasteiger partial charge in [0.2, 0.25) is 0 Å². The van der Waals surface area contributed by atoms with Gasteiger partial charge in [-0.1, -0.05) is 0 Å². The molecule has 114 valence electrons. The van der Waals surface area contributed by atoms with E-state index in [1.54, 1.807) is 29.4 Å². The van der Waals surface area contributed by atoms with Crippen LogP contribution >= 0.6 is 0 Å². The van der Waals surface area contributed by atoms with Gasteiger partial charge in [-0.25, -0.2) is 14.4 Å². The highest BCUT2D eigenvalue weighted by molar-refractivity contribution is 6.27. The van der Waals surface area contributed by atoms with Crippen LogP contribution in [-0.2, 0) is 9.59 Å². The number of carboxylic acid groups (broad SMARTS) is 2. The van der Waals surface area contributed by atoms with E-state index >= 15 is 0 Å². The van der Waals surface area contributed by atoms with Crippen molar-refractivity contribution in [2.45, 2.75) is 19.3 Å². The summed E-state index contributed by atoms with van der Waals surface area (Å²) in [6.45, 7) is 1.61. The number of aromatic nitrogens is 1. The fraction of sp³-hybridized carbons (Fsp3) is 0.385. The van der Waals surface area contributed by atoms with Crippen LogP contribution in [0.2, 0.25) is 0 Å². The first-order valence-electron chi connectivity index (χ1n) is 6.33. The molecule has 1 aliphatic rings. The fourth-order valence-electron chi connectivity index (χ4n) is 1.65. The molecule has 1 saturated heterocycles. The smallest absolute Gasteiger partial charge is 0.415 e. The van der Waals surface area contributed by atoms with Gasteiger partial charge in [0.15, 0.2) is 5.75 Å². The van der Waals surface area contributed by atoms with E-state index in [-0.39, 0.29) is 6.09 Å². The van der Waals surface area contributed by atoms with Crippen molar-refractivity contribution in [3.63, 3.8) is 0 Å². The zero-order valence-electron chi connectivity index (χ0n) is 11.3. The summed E-state index contributed by atoms with van der Waals surface area (Å²) in [6, 6.07) is 3.48. The summed E-state index contributed by atoms with van der Waals surface area (Å²) in [6.07, 6.45) is 6.28. The zero-order valence-corrected chi connectivity index (χ0v) is 11.3. The summed E-state index contributed by atoms with van der Waals surface area (Å²) in [4.78, 5) is 35.5. The van der Waals surface area contributed by atoms with Crippen LogP contribution in [0.25, 0.3) is 0 Å². The Bertz CT molecular complexity index is 473. The summed E-state index contributed by atoms with van der Waals surface area (Å²) in [5, 5.41) is 14.8. The van der Waals surface area contributed by atoms with E-state index in [0.29, 0.717) is 5.75 Å². The first-order chi connectivity index (χ1) is 10.0. The second-order valence-corrected chi connectivity index (χ2v) is 4.21. The molecule has 2 N–H and O–H groups in total. The number of likely N-dealkylation sites (tertiary alicyclic amines) is 1. The molecule has 0 saturated carbocycles. The zero-order chi connectivity index (χ0) is 15.7. The molecule has 2 heterocycles. The second-order valence-electron chi connectivity index (χ2n) is 4.21. The predicted molar refractivity (Wildman–Crippen MR) is 71.0 cm³/mol. The van der Waals surface area contributed by atoms with Crippen molar-refractivity contribution in [3.8, 4) is 5.75 Å². The van der Waals surface area contributed by atoms with Crippen LogP contribution in [0, 0.1) is 0 Å². The number of aliphatic carboxylic acids is 2. The van der Waals surface area contributed by atoms with Crippen molar-refractivity contribution in [2.24, 2.45) is 0 Å². The van der Waals surface area contributed by atoms with E-state index in [1.165, 1.54) is 6.42 Å². The number of hydrogen-bond acceptors (Lipinski definition) is 5. The molecule has 1 aromatic heterocycles. The standard InChI is InChI=1S/C11H14N2O2.C2H2O4/c14-11(13-7-2-1-3-8-13)15-10-5-4-6-12-9-10;3-1(4)2(5)6/h4-6,9H,1-3,7-8H2;(H,3,4)(H,5,6). The molecule has 1 amide bonds. The van der Waals surface area contributed by atoms with Crippen LogP contribution < -0.4 is 4.74 Å². The normalized spacial score (nSPS) is 13.6. The van der Waals surface area contributed by atoms with Gasteiger partial charge < -0.3 is 19.8 Å². The Morgan fingerprint density at radius 3 is 2.19 bits per heavy atom. The number of amides is 1. The number of pyridine rings is 1. The van der Waals surface area contributed by atoms with E-state index in [9.17, 15) is 4.79 Å². The third-order valence-corrected chi connectivity index (χ3v) is 2.64. The maximum atomic E-state index is 11.6. The number of rotatable bonds is 1. The number of carbonyl (C=O) groups is 3. The number of carboxylic acids is 2. The van der Waals surface area contributed by atoms with E-state index in [2.05, 4.69) is 4.98 Å². The quantitative estimate of drug-likeness (QED) is 0.748. The van der Waals surface area contributed by atoms with Crippen LogP contribution in [0.1, 0.15) is 19.3 Å². The molecule has 1 fully saturated rings. The maximum absolute atomic E-state index is 11.6. The molecule has 0 spiro atoms. The van der Waals surface area contributed by atoms with Gasteiger partial charge in [0.1, 0.15) is 0 Å². The molecule has 21 heavy (non-hydrogen) atoms. The molecule has 2 rings (SSSR count). The number of piperidine rings is 1. The Morgan fingerprint density at radius 2 is 1.71 bits per heavy atom. The summed E-state index contributed by atoms with van der Waals surface area (Å²) in [5.41, 5.74) is 0. The van der Waals surface area contributed by atoms with Crippen molar-refractivity contribution < 1.29 is 29.3 Å². The molecular formula is C13H16N2O6. The number of nitrogens with zero attached hydrogens (tertiary/aromatic N) is 2. The molecule has 0 aliphatic carbocycles. The monoisotopic (exact) mass is 296 g/mol. The highest BCUT2D eigenvalue weighted by Gasteiger charge is 2.18. The minimum absolute atomic E-state index is 0.261. The number of ether oxygens (including phenoxy) is 1. The van der Waals surface area contributed by atoms with Gasteiger partial charge in [-0.05, 0) is 31.4 Å². The van der Waals surface area contributed by atoms with Gasteiger partial charge in [-0.2, -0.15) is 0 Å². The lowest BCUT2D eigenvalue weighted by Crippen LogP contribution is -2.37. The van der Waals surface area contributed by atoms with Crippen LogP contribution in [0.15, 0.2) is 24.5 Å². The molecule has 0 unspecified atom stereocenters. The van der Waals surface area contributed by atoms with Gasteiger partial charge in [0.05, 0.1) is 6.20 Å². The SMILES string of the molecule is O=C(O)C(=O)O.O=C(Oc1cccnc1)N1CCCCC1. The van der Waals surface area contributed by atoms with Crippen LogP contribution in [0.5, 0.6) is 5.75 Å². The Balaban J connectivity index is 0.000000315. The summed E-state index contributed by atoms with van der Waals surface area (Å²) >= 11 is 0. The predicted octanol–water partition coefficient (Wildman–Crippen LogP) is 1.22. The molecule has 1 aromatic rings. The lowest BCUT2D eigenvalue weighted by molar-refractivity contribution is -0.159. The van der Waals surface area contributed by atoms with E-state index < -0.39 is 11.9 Å². The average molecular weight is 296 g/mol. The molecule has 8 heteroatoms. The largest absolute Gasteiger partial charge is 0.473 e. The minimum atomic E-state index is -1.82. The summed E-state index contributed by atoms with van der Waals surface area (Å²) < 4.78 is 5.18. The lowest BCUT2D eigenvalue weighted by atomic mass is 10.1. The van der Waals surface area contributed by atoms with Crippen molar-refractivity contribution >= 4 is 18.0 Å². The van der Waals surface area contributed by atoms with E-state index in [0.717, 1.165) is 25.9 Å². The second kappa shape index (κ2) is 8.51. The van der Waals surface area contributed by atoms with Crippen LogP contribution in [0.4, 0.5) is 4.79 Å². The maximum Gasteiger partial charge on any atom is 0.415 e. The van der Waals surface area contributed by atoms with Crippen molar-refractivity contribution in [3.05, 3.63) is 24.5 Å². The molecule has 1 aliphatic heterocycles.